The van der Waals surface area contributed by atoms with Crippen molar-refractivity contribution in [3.8, 4) is 0 Å². The third-order valence-corrected chi connectivity index (χ3v) is 1.74. The molecule has 0 saturated carbocycles. The number of hydrogen-bond acceptors (Lipinski definition) is 3. The molecule has 0 aliphatic heterocycles. The van der Waals surface area contributed by atoms with Crippen molar-refractivity contribution in [3.63, 3.8) is 0 Å². The number of nitrogens with one attached hydrogen (secondary N) is 1. The molecule has 5 nitrogen and oxygen atoms in total. The summed E-state index contributed by atoms with van der Waals surface area (Å²) < 4.78 is 0. The number of aldehydes is 1. The molecule has 0 saturated heterocycles. The smallest absolute Gasteiger partial charge is 0.293 e. The average molecular weight is 184 g/mol. The molecule has 1 heterocycles. The highest BCUT2D eigenvalue weighted by atomic mass is 16.6. The zero-order chi connectivity index (χ0) is 9.30. The summed E-state index contributed by atoms with van der Waals surface area (Å²) in [4.78, 5) is 22.9. The van der Waals surface area contributed by atoms with Crippen LogP contribution >= 0.6 is 0 Å². The van der Waals surface area contributed by atoms with E-state index in [1.165, 1.54) is 0 Å². The molecular formula is C8H12N2O3. The zero-order valence-corrected chi connectivity index (χ0v) is 6.75. The Morgan fingerprint density at radius 2 is 2.00 bits per heavy atom. The summed E-state index contributed by atoms with van der Waals surface area (Å²) in [5, 5.41) is 10.4. The van der Waals surface area contributed by atoms with E-state index in [4.69, 9.17) is 0 Å². The fourth-order valence-electron chi connectivity index (χ4n) is 1.16. The molecule has 5 heteroatoms. The molecule has 0 spiro atoms. The van der Waals surface area contributed by atoms with Crippen LogP contribution < -0.4 is 0 Å². The highest BCUT2D eigenvalue weighted by Gasteiger charge is 2.20. The second kappa shape index (κ2) is 3.84. The van der Waals surface area contributed by atoms with Gasteiger partial charge in [-0.25, -0.2) is 0 Å². The van der Waals surface area contributed by atoms with Crippen LogP contribution in [0.2, 0.25) is 0 Å². The van der Waals surface area contributed by atoms with E-state index in [9.17, 15) is 14.9 Å². The maximum Gasteiger partial charge on any atom is 0.293 e. The van der Waals surface area contributed by atoms with Crippen molar-refractivity contribution in [1.29, 1.82) is 0 Å². The first-order valence-electron chi connectivity index (χ1n) is 3.36. The molecule has 0 bridgehead atoms. The Kier molecular flexibility index (Phi) is 3.35. The van der Waals surface area contributed by atoms with Crippen molar-refractivity contribution in [3.05, 3.63) is 27.1 Å². The maximum atomic E-state index is 10.4. The monoisotopic (exact) mass is 184 g/mol. The number of H-pyrrole nitrogens is 1. The van der Waals surface area contributed by atoms with Gasteiger partial charge in [-0.1, -0.05) is 7.43 Å². The van der Waals surface area contributed by atoms with Gasteiger partial charge >= 0.3 is 0 Å². The molecular weight excluding hydrogens is 172 g/mol. The van der Waals surface area contributed by atoms with Gasteiger partial charge in [0.25, 0.3) is 5.69 Å². The lowest BCUT2D eigenvalue weighted by Crippen LogP contribution is -1.90. The fraction of sp³-hybridized carbons (Fsp3) is 0.375. The first-order valence-corrected chi connectivity index (χ1v) is 3.36. The van der Waals surface area contributed by atoms with Gasteiger partial charge in [0.1, 0.15) is 0 Å². The van der Waals surface area contributed by atoms with Crippen molar-refractivity contribution >= 4 is 12.0 Å². The number of aromatic amines is 1. The van der Waals surface area contributed by atoms with E-state index in [2.05, 4.69) is 4.98 Å². The fourth-order valence-corrected chi connectivity index (χ4v) is 1.16. The number of carbonyl (C=O) groups excluding carboxylic acids is 1. The van der Waals surface area contributed by atoms with E-state index in [1.54, 1.807) is 13.8 Å². The Hall–Kier alpha value is -1.65. The minimum atomic E-state index is -0.492. The molecule has 72 valence electrons. The van der Waals surface area contributed by atoms with Crippen LogP contribution in [0.1, 0.15) is 29.2 Å². The van der Waals surface area contributed by atoms with Gasteiger partial charge in [0.05, 0.1) is 21.9 Å². The SMILES string of the molecule is C.Cc1[nH]c(C=O)c(C)c1[N+](=O)[O-]. The molecule has 13 heavy (non-hydrogen) atoms. The Morgan fingerprint density at radius 1 is 1.46 bits per heavy atom. The lowest BCUT2D eigenvalue weighted by atomic mass is 10.2. The Balaban J connectivity index is 0.00000144. The van der Waals surface area contributed by atoms with Crippen LogP contribution in [0.5, 0.6) is 0 Å². The number of nitro groups is 1. The van der Waals surface area contributed by atoms with Gasteiger partial charge in [0.15, 0.2) is 6.29 Å². The summed E-state index contributed by atoms with van der Waals surface area (Å²) in [6.45, 7) is 3.11. The molecule has 0 radical (unpaired) electrons. The number of nitrogens with zero attached hydrogens (tertiary/aromatic N) is 1. The third kappa shape index (κ3) is 1.74. The first kappa shape index (κ1) is 11.4. The summed E-state index contributed by atoms with van der Waals surface area (Å²) in [5.74, 6) is 0. The first-order chi connectivity index (χ1) is 5.57. The minimum absolute atomic E-state index is 0. The summed E-state index contributed by atoms with van der Waals surface area (Å²) in [6, 6.07) is 0. The third-order valence-electron chi connectivity index (χ3n) is 1.74. The number of aryl methyl sites for hydroxylation is 1. The topological polar surface area (TPSA) is 76.0 Å². The van der Waals surface area contributed by atoms with Crippen LogP contribution in [0, 0.1) is 24.0 Å². The summed E-state index contributed by atoms with van der Waals surface area (Å²) in [6.07, 6.45) is 0.579. The Morgan fingerprint density at radius 3 is 2.23 bits per heavy atom. The highest BCUT2D eigenvalue weighted by Crippen LogP contribution is 2.24. The van der Waals surface area contributed by atoms with Crippen molar-refractivity contribution in [2.75, 3.05) is 0 Å². The summed E-state index contributed by atoms with van der Waals surface area (Å²) in [5.41, 5.74) is 1.09. The number of carbonyl (C=O) groups is 1. The van der Waals surface area contributed by atoms with Gasteiger partial charge in [-0.3, -0.25) is 14.9 Å². The molecule has 1 rings (SSSR count). The number of rotatable bonds is 2. The molecule has 0 unspecified atom stereocenters. The Labute approximate surface area is 75.9 Å². The Bertz CT molecular complexity index is 341. The second-order valence-corrected chi connectivity index (χ2v) is 2.51. The van der Waals surface area contributed by atoms with Gasteiger partial charge in [0, 0.05) is 0 Å². The van der Waals surface area contributed by atoms with Crippen LogP contribution in [-0.4, -0.2) is 16.2 Å². The standard InChI is InChI=1S/C7H8N2O3.CH4/c1-4-6(3-10)8-5(2)7(4)9(11)12;/h3,8H,1-2H3;1H4. The molecule has 1 aromatic rings. The molecule has 1 aromatic heterocycles. The molecule has 0 atom stereocenters. The van der Waals surface area contributed by atoms with Gasteiger partial charge in [0.2, 0.25) is 0 Å². The van der Waals surface area contributed by atoms with Crippen molar-refractivity contribution in [1.82, 2.24) is 4.98 Å². The zero-order valence-electron chi connectivity index (χ0n) is 6.75. The van der Waals surface area contributed by atoms with Crippen molar-refractivity contribution in [2.45, 2.75) is 21.3 Å². The lowest BCUT2D eigenvalue weighted by Gasteiger charge is -1.88. The molecule has 0 fully saturated rings. The van der Waals surface area contributed by atoms with E-state index < -0.39 is 4.92 Å². The van der Waals surface area contributed by atoms with E-state index in [-0.39, 0.29) is 18.8 Å². The van der Waals surface area contributed by atoms with Crippen LogP contribution in [0.3, 0.4) is 0 Å². The maximum absolute atomic E-state index is 10.4. The molecule has 0 amide bonds. The second-order valence-electron chi connectivity index (χ2n) is 2.51. The van der Waals surface area contributed by atoms with Gasteiger partial charge < -0.3 is 4.98 Å². The molecule has 0 aliphatic rings. The van der Waals surface area contributed by atoms with Crippen molar-refractivity contribution in [2.24, 2.45) is 0 Å². The predicted molar refractivity (Wildman–Crippen MR) is 49.0 cm³/mol. The molecule has 1 N–H and O–H groups in total. The van der Waals surface area contributed by atoms with Crippen molar-refractivity contribution < 1.29 is 9.72 Å². The van der Waals surface area contributed by atoms with Gasteiger partial charge in [-0.15, -0.1) is 0 Å². The van der Waals surface area contributed by atoms with E-state index in [0.29, 0.717) is 17.5 Å². The lowest BCUT2D eigenvalue weighted by molar-refractivity contribution is -0.385. The van der Waals surface area contributed by atoms with Crippen LogP contribution in [0.15, 0.2) is 0 Å². The highest BCUT2D eigenvalue weighted by molar-refractivity contribution is 5.77. The molecule has 0 aliphatic carbocycles. The van der Waals surface area contributed by atoms with E-state index in [0.717, 1.165) is 0 Å². The van der Waals surface area contributed by atoms with Gasteiger partial charge in [-0.2, -0.15) is 0 Å². The summed E-state index contributed by atoms with van der Waals surface area (Å²) in [7, 11) is 0. The van der Waals surface area contributed by atoms with E-state index >= 15 is 0 Å². The van der Waals surface area contributed by atoms with Crippen LogP contribution in [0.4, 0.5) is 5.69 Å². The largest absolute Gasteiger partial charge is 0.350 e. The summed E-state index contributed by atoms with van der Waals surface area (Å²) >= 11 is 0. The van der Waals surface area contributed by atoms with E-state index in [1.807, 2.05) is 0 Å². The van der Waals surface area contributed by atoms with Crippen LogP contribution in [-0.2, 0) is 0 Å². The minimum Gasteiger partial charge on any atom is -0.350 e. The van der Waals surface area contributed by atoms with Crippen LogP contribution in [0.25, 0.3) is 0 Å². The average Bonchev–Trinajstić information content (AvgIpc) is 2.25. The number of aromatic nitrogens is 1. The quantitative estimate of drug-likeness (QED) is 0.433. The normalized spacial score (nSPS) is 9.08. The van der Waals surface area contributed by atoms with Gasteiger partial charge in [-0.05, 0) is 13.8 Å². The number of hydrogen-bond donors (Lipinski definition) is 1. The predicted octanol–water partition coefficient (Wildman–Crippen LogP) is 1.99. The molecule has 0 aromatic carbocycles.